The second-order valence-electron chi connectivity index (χ2n) is 10.6. The second kappa shape index (κ2) is 11.7. The maximum Gasteiger partial charge on any atom is -0.000709 e. The van der Waals surface area contributed by atoms with E-state index >= 15 is 0 Å². The van der Waals surface area contributed by atoms with E-state index in [1.807, 2.05) is 0 Å². The van der Waals surface area contributed by atoms with Gasteiger partial charge in [-0.3, -0.25) is 0 Å². The van der Waals surface area contributed by atoms with Gasteiger partial charge >= 0.3 is 0 Å². The van der Waals surface area contributed by atoms with E-state index < -0.39 is 0 Å². The van der Waals surface area contributed by atoms with E-state index in [9.17, 15) is 0 Å². The van der Waals surface area contributed by atoms with Gasteiger partial charge < -0.3 is 0 Å². The van der Waals surface area contributed by atoms with Gasteiger partial charge in [0.15, 0.2) is 0 Å². The number of benzene rings is 1. The summed E-state index contributed by atoms with van der Waals surface area (Å²) in [6.45, 7) is 17.9. The molecule has 166 valence electrons. The summed E-state index contributed by atoms with van der Waals surface area (Å²) in [6, 6.07) is 9.30. The molecule has 2 aliphatic rings. The molecular weight excluding hydrogens is 360 g/mol. The van der Waals surface area contributed by atoms with E-state index in [1.165, 1.54) is 73.6 Å². The van der Waals surface area contributed by atoms with Gasteiger partial charge in [0.1, 0.15) is 0 Å². The van der Waals surface area contributed by atoms with E-state index in [-0.39, 0.29) is 0 Å². The summed E-state index contributed by atoms with van der Waals surface area (Å²) in [7, 11) is 0. The highest BCUT2D eigenvalue weighted by Crippen LogP contribution is 2.38. The lowest BCUT2D eigenvalue weighted by molar-refractivity contribution is 0.304. The van der Waals surface area contributed by atoms with Crippen molar-refractivity contribution in [1.29, 1.82) is 0 Å². The Labute approximate surface area is 187 Å². The van der Waals surface area contributed by atoms with Gasteiger partial charge in [0, 0.05) is 0 Å². The van der Waals surface area contributed by atoms with Crippen LogP contribution in [0.2, 0.25) is 0 Å². The van der Waals surface area contributed by atoms with Gasteiger partial charge in [-0.1, -0.05) is 110 Å². The van der Waals surface area contributed by atoms with Crippen LogP contribution in [0.5, 0.6) is 0 Å². The molecule has 1 saturated carbocycles. The zero-order valence-corrected chi connectivity index (χ0v) is 20.6. The number of rotatable bonds is 5. The lowest BCUT2D eigenvalue weighted by Gasteiger charge is -2.22. The summed E-state index contributed by atoms with van der Waals surface area (Å²) in [6.07, 6.45) is 17.8. The van der Waals surface area contributed by atoms with Gasteiger partial charge in [0.2, 0.25) is 0 Å². The fourth-order valence-electron chi connectivity index (χ4n) is 4.65. The normalized spacial score (nSPS) is 24.3. The molecule has 0 radical (unpaired) electrons. The summed E-state index contributed by atoms with van der Waals surface area (Å²) in [4.78, 5) is 0. The standard InChI is InChI=1S/C27H38.C3H8/c1-20-9-11-26(19-22(20)3)25-14-12-24(13-15-25)21(2)8-10-23-7-6-17-27(4,5)18-16-23;1-3-2/h9,11-15,19,21-23H,1,6-8,10,16-18H2,2-5H3;3H2,1-2H3/t21-,22?,23?;/m1./s1. The zero-order valence-electron chi connectivity index (χ0n) is 20.6. The molecule has 0 N–H and O–H groups in total. The second-order valence-corrected chi connectivity index (χ2v) is 10.6. The molecule has 0 saturated heterocycles. The van der Waals surface area contributed by atoms with Gasteiger partial charge in [0.25, 0.3) is 0 Å². The first-order valence-corrected chi connectivity index (χ1v) is 12.4. The average Bonchev–Trinajstić information content (AvgIpc) is 2.89. The first-order valence-electron chi connectivity index (χ1n) is 12.4. The Balaban J connectivity index is 0.00000101. The van der Waals surface area contributed by atoms with Crippen LogP contribution in [0.3, 0.4) is 0 Å². The molecule has 0 aliphatic heterocycles. The molecule has 0 amide bonds. The van der Waals surface area contributed by atoms with E-state index in [0.29, 0.717) is 17.3 Å². The Kier molecular flexibility index (Phi) is 9.66. The highest BCUT2D eigenvalue weighted by Gasteiger charge is 2.24. The number of allylic oxidation sites excluding steroid dienone is 5. The van der Waals surface area contributed by atoms with Crippen LogP contribution in [0.1, 0.15) is 110 Å². The Morgan fingerprint density at radius 2 is 1.70 bits per heavy atom. The molecule has 3 rings (SSSR count). The maximum absolute atomic E-state index is 4.10. The molecule has 0 spiro atoms. The van der Waals surface area contributed by atoms with Crippen molar-refractivity contribution in [2.45, 2.75) is 98.8 Å². The molecule has 0 aromatic heterocycles. The van der Waals surface area contributed by atoms with Crippen LogP contribution in [0, 0.1) is 17.3 Å². The highest BCUT2D eigenvalue weighted by atomic mass is 14.3. The summed E-state index contributed by atoms with van der Waals surface area (Å²) < 4.78 is 0. The molecule has 0 heterocycles. The van der Waals surface area contributed by atoms with E-state index in [2.05, 4.69) is 90.6 Å². The van der Waals surface area contributed by atoms with Crippen molar-refractivity contribution in [1.82, 2.24) is 0 Å². The van der Waals surface area contributed by atoms with Gasteiger partial charge in [-0.25, -0.2) is 0 Å². The summed E-state index contributed by atoms with van der Waals surface area (Å²) in [5, 5.41) is 0. The minimum absolute atomic E-state index is 0.438. The largest absolute Gasteiger partial charge is 0.0952 e. The Bertz CT molecular complexity index is 713. The van der Waals surface area contributed by atoms with Crippen LogP contribution < -0.4 is 0 Å². The zero-order chi connectivity index (χ0) is 22.1. The molecule has 0 nitrogen and oxygen atoms in total. The number of hydrogen-bond acceptors (Lipinski definition) is 0. The first kappa shape index (κ1) is 24.7. The van der Waals surface area contributed by atoms with Crippen molar-refractivity contribution in [3.63, 3.8) is 0 Å². The molecule has 2 aliphatic carbocycles. The predicted molar refractivity (Wildman–Crippen MR) is 136 cm³/mol. The summed E-state index contributed by atoms with van der Waals surface area (Å²) in [5.74, 6) is 2.04. The van der Waals surface area contributed by atoms with Crippen molar-refractivity contribution < 1.29 is 0 Å². The lowest BCUT2D eigenvalue weighted by Crippen LogP contribution is -2.09. The predicted octanol–water partition coefficient (Wildman–Crippen LogP) is 9.74. The summed E-state index contributed by atoms with van der Waals surface area (Å²) in [5.41, 5.74) is 5.92. The lowest BCUT2D eigenvalue weighted by atomic mass is 9.84. The van der Waals surface area contributed by atoms with Crippen LogP contribution >= 0.6 is 0 Å². The Morgan fingerprint density at radius 1 is 1.03 bits per heavy atom. The Morgan fingerprint density at radius 3 is 2.33 bits per heavy atom. The fraction of sp³-hybridized carbons (Fsp3) is 0.600. The van der Waals surface area contributed by atoms with Crippen LogP contribution in [-0.2, 0) is 0 Å². The van der Waals surface area contributed by atoms with Gasteiger partial charge in [-0.05, 0) is 77.5 Å². The fourth-order valence-corrected chi connectivity index (χ4v) is 4.65. The third kappa shape index (κ3) is 7.60. The molecule has 30 heavy (non-hydrogen) atoms. The minimum atomic E-state index is 0.438. The van der Waals surface area contributed by atoms with Crippen molar-refractivity contribution in [3.8, 4) is 0 Å². The van der Waals surface area contributed by atoms with Gasteiger partial charge in [-0.2, -0.15) is 0 Å². The van der Waals surface area contributed by atoms with Crippen LogP contribution in [0.4, 0.5) is 0 Å². The van der Waals surface area contributed by atoms with Gasteiger partial charge in [0.05, 0.1) is 0 Å². The van der Waals surface area contributed by atoms with Crippen molar-refractivity contribution in [3.05, 3.63) is 65.8 Å². The molecular formula is C30H46. The third-order valence-electron chi connectivity index (χ3n) is 7.01. The minimum Gasteiger partial charge on any atom is -0.0952 e. The van der Waals surface area contributed by atoms with Crippen molar-refractivity contribution >= 4 is 5.57 Å². The van der Waals surface area contributed by atoms with Crippen LogP contribution in [0.25, 0.3) is 5.57 Å². The molecule has 1 aromatic rings. The molecule has 1 aromatic carbocycles. The SMILES string of the molecule is C=C1C=CC(c2ccc([C@H](C)CCC3CCCC(C)(C)CC3)cc2)=CC1C.CCC. The molecule has 0 heteroatoms. The third-order valence-corrected chi connectivity index (χ3v) is 7.01. The smallest absolute Gasteiger partial charge is 0.000709 e. The Hall–Kier alpha value is -1.56. The van der Waals surface area contributed by atoms with Crippen LogP contribution in [-0.4, -0.2) is 0 Å². The highest BCUT2D eigenvalue weighted by molar-refractivity contribution is 5.76. The molecule has 1 fully saturated rings. The van der Waals surface area contributed by atoms with E-state index in [1.54, 1.807) is 0 Å². The topological polar surface area (TPSA) is 0 Å². The van der Waals surface area contributed by atoms with Crippen molar-refractivity contribution in [2.75, 3.05) is 0 Å². The molecule has 0 bridgehead atoms. The molecule has 2 unspecified atom stereocenters. The van der Waals surface area contributed by atoms with Gasteiger partial charge in [-0.15, -0.1) is 0 Å². The average molecular weight is 407 g/mol. The first-order chi connectivity index (χ1) is 14.3. The monoisotopic (exact) mass is 406 g/mol. The van der Waals surface area contributed by atoms with E-state index in [4.69, 9.17) is 0 Å². The number of hydrogen-bond donors (Lipinski definition) is 0. The van der Waals surface area contributed by atoms with E-state index in [0.717, 1.165) is 5.92 Å². The maximum atomic E-state index is 4.10. The molecule has 3 atom stereocenters. The summed E-state index contributed by atoms with van der Waals surface area (Å²) >= 11 is 0. The van der Waals surface area contributed by atoms with Crippen LogP contribution in [0.15, 0.2) is 54.6 Å². The van der Waals surface area contributed by atoms with Crippen molar-refractivity contribution in [2.24, 2.45) is 17.3 Å². The quantitative estimate of drug-likeness (QED) is 0.427.